The second-order valence-electron chi connectivity index (χ2n) is 4.08. The number of carboxylic acid groups (broad SMARTS) is 1. The maximum atomic E-state index is 11.5. The molecule has 1 saturated heterocycles. The smallest absolute Gasteiger partial charge is 0.323 e. The summed E-state index contributed by atoms with van der Waals surface area (Å²) in [4.78, 5) is 23.3. The van der Waals surface area contributed by atoms with E-state index >= 15 is 0 Å². The molecule has 15 heavy (non-hydrogen) atoms. The molecule has 6 nitrogen and oxygen atoms in total. The van der Waals surface area contributed by atoms with Crippen molar-refractivity contribution >= 4 is 12.0 Å². The minimum absolute atomic E-state index is 0.351. The summed E-state index contributed by atoms with van der Waals surface area (Å²) >= 11 is 0. The van der Waals surface area contributed by atoms with E-state index in [1.807, 2.05) is 13.8 Å². The third-order valence-corrected chi connectivity index (χ3v) is 2.10. The van der Waals surface area contributed by atoms with Crippen LogP contribution in [0.15, 0.2) is 0 Å². The van der Waals surface area contributed by atoms with Crippen LogP contribution < -0.4 is 5.32 Å². The molecule has 0 radical (unpaired) electrons. The van der Waals surface area contributed by atoms with E-state index in [2.05, 4.69) is 5.32 Å². The summed E-state index contributed by atoms with van der Waals surface area (Å²) in [6, 6.07) is -0.353. The molecule has 0 aliphatic carbocycles. The van der Waals surface area contributed by atoms with Gasteiger partial charge in [-0.2, -0.15) is 0 Å². The van der Waals surface area contributed by atoms with E-state index in [0.717, 1.165) is 0 Å². The van der Waals surface area contributed by atoms with E-state index in [9.17, 15) is 9.59 Å². The Morgan fingerprint density at radius 2 is 2.20 bits per heavy atom. The fourth-order valence-corrected chi connectivity index (χ4v) is 1.45. The summed E-state index contributed by atoms with van der Waals surface area (Å²) in [5.41, 5.74) is -0.362. The molecule has 0 atom stereocenters. The van der Waals surface area contributed by atoms with Crippen molar-refractivity contribution < 1.29 is 19.4 Å². The molecule has 1 rings (SSSR count). The van der Waals surface area contributed by atoms with Crippen LogP contribution >= 0.6 is 0 Å². The standard InChI is InChI=1S/C9H16N2O4/c1-9(2)6-11(3-4-15-9)8(14)10-5-7(12)13/h3-6H2,1-2H3,(H,10,14)(H,12,13). The Morgan fingerprint density at radius 3 is 2.73 bits per heavy atom. The van der Waals surface area contributed by atoms with Gasteiger partial charge in [-0.1, -0.05) is 0 Å². The first-order valence-corrected chi connectivity index (χ1v) is 4.79. The number of hydrogen-bond donors (Lipinski definition) is 2. The zero-order valence-electron chi connectivity index (χ0n) is 8.95. The van der Waals surface area contributed by atoms with Gasteiger partial charge in [0.25, 0.3) is 0 Å². The lowest BCUT2D eigenvalue weighted by atomic mass is 10.1. The zero-order valence-corrected chi connectivity index (χ0v) is 8.95. The highest BCUT2D eigenvalue weighted by Crippen LogP contribution is 2.15. The topological polar surface area (TPSA) is 78.9 Å². The first-order valence-electron chi connectivity index (χ1n) is 4.79. The number of nitrogens with zero attached hydrogens (tertiary/aromatic N) is 1. The van der Waals surface area contributed by atoms with Crippen molar-refractivity contribution in [2.24, 2.45) is 0 Å². The third kappa shape index (κ3) is 3.75. The Bertz CT molecular complexity index is 265. The first-order chi connectivity index (χ1) is 6.91. The average Bonchev–Trinajstić information content (AvgIpc) is 2.12. The van der Waals surface area contributed by atoms with Gasteiger partial charge >= 0.3 is 12.0 Å². The molecule has 1 heterocycles. The van der Waals surface area contributed by atoms with Crippen molar-refractivity contribution in [3.05, 3.63) is 0 Å². The summed E-state index contributed by atoms with van der Waals surface area (Å²) < 4.78 is 5.43. The highest BCUT2D eigenvalue weighted by atomic mass is 16.5. The lowest BCUT2D eigenvalue weighted by molar-refractivity contribution is -0.135. The Balaban J connectivity index is 2.42. The lowest BCUT2D eigenvalue weighted by Crippen LogP contribution is -2.54. The van der Waals surface area contributed by atoms with Crippen LogP contribution in [0.5, 0.6) is 0 Å². The van der Waals surface area contributed by atoms with Crippen LogP contribution in [0.3, 0.4) is 0 Å². The van der Waals surface area contributed by atoms with E-state index in [1.54, 1.807) is 4.90 Å². The van der Waals surface area contributed by atoms with Crippen molar-refractivity contribution in [3.8, 4) is 0 Å². The maximum Gasteiger partial charge on any atom is 0.323 e. The van der Waals surface area contributed by atoms with Gasteiger partial charge in [-0.05, 0) is 13.8 Å². The second-order valence-corrected chi connectivity index (χ2v) is 4.08. The Hall–Kier alpha value is -1.30. The molecular weight excluding hydrogens is 200 g/mol. The van der Waals surface area contributed by atoms with Gasteiger partial charge in [-0.3, -0.25) is 4.79 Å². The fourth-order valence-electron chi connectivity index (χ4n) is 1.45. The van der Waals surface area contributed by atoms with Gasteiger partial charge in [0.1, 0.15) is 6.54 Å². The predicted molar refractivity (Wildman–Crippen MR) is 52.6 cm³/mol. The summed E-state index contributed by atoms with van der Waals surface area (Å²) in [5, 5.41) is 10.7. The first kappa shape index (κ1) is 11.8. The molecule has 0 aromatic heterocycles. The van der Waals surface area contributed by atoms with Crippen LogP contribution in [0, 0.1) is 0 Å². The number of carboxylic acids is 1. The summed E-state index contributed by atoms with van der Waals surface area (Å²) in [6.45, 7) is 4.88. The summed E-state index contributed by atoms with van der Waals surface area (Å²) in [5.74, 6) is -1.05. The quantitative estimate of drug-likeness (QED) is 0.675. The molecule has 2 amide bonds. The van der Waals surface area contributed by atoms with Gasteiger partial charge in [0.2, 0.25) is 0 Å². The monoisotopic (exact) mass is 216 g/mol. The van der Waals surface area contributed by atoms with Crippen molar-refractivity contribution in [2.75, 3.05) is 26.2 Å². The number of rotatable bonds is 2. The Labute approximate surface area is 88.2 Å². The van der Waals surface area contributed by atoms with Crippen molar-refractivity contribution in [3.63, 3.8) is 0 Å². The molecule has 0 unspecified atom stereocenters. The van der Waals surface area contributed by atoms with Crippen molar-refractivity contribution in [1.29, 1.82) is 0 Å². The number of carbonyl (C=O) groups is 2. The van der Waals surface area contributed by atoms with Crippen LogP contribution in [0.25, 0.3) is 0 Å². The van der Waals surface area contributed by atoms with Gasteiger partial charge in [-0.15, -0.1) is 0 Å². The van der Waals surface area contributed by atoms with Gasteiger partial charge in [-0.25, -0.2) is 4.79 Å². The normalized spacial score (nSPS) is 19.7. The number of nitrogens with one attached hydrogen (secondary N) is 1. The maximum absolute atomic E-state index is 11.5. The number of amides is 2. The molecule has 0 spiro atoms. The van der Waals surface area contributed by atoms with E-state index in [-0.39, 0.29) is 18.2 Å². The molecule has 1 aliphatic heterocycles. The summed E-state index contributed by atoms with van der Waals surface area (Å²) in [7, 11) is 0. The van der Waals surface area contributed by atoms with E-state index in [4.69, 9.17) is 9.84 Å². The lowest BCUT2D eigenvalue weighted by Gasteiger charge is -2.37. The third-order valence-electron chi connectivity index (χ3n) is 2.10. The van der Waals surface area contributed by atoms with Gasteiger partial charge in [0.05, 0.1) is 18.8 Å². The minimum Gasteiger partial charge on any atom is -0.480 e. The highest BCUT2D eigenvalue weighted by Gasteiger charge is 2.29. The average molecular weight is 216 g/mol. The van der Waals surface area contributed by atoms with Crippen LogP contribution in [-0.2, 0) is 9.53 Å². The van der Waals surface area contributed by atoms with E-state index < -0.39 is 5.97 Å². The fraction of sp³-hybridized carbons (Fsp3) is 0.778. The number of morpholine rings is 1. The number of ether oxygens (including phenoxy) is 1. The SMILES string of the molecule is CC1(C)CN(C(=O)NCC(=O)O)CCO1. The van der Waals surface area contributed by atoms with Gasteiger partial charge < -0.3 is 20.1 Å². The number of hydrogen-bond acceptors (Lipinski definition) is 3. The van der Waals surface area contributed by atoms with Crippen LogP contribution in [0.1, 0.15) is 13.8 Å². The second kappa shape index (κ2) is 4.48. The summed E-state index contributed by atoms with van der Waals surface area (Å²) in [6.07, 6.45) is 0. The number of urea groups is 1. The van der Waals surface area contributed by atoms with Gasteiger partial charge in [0, 0.05) is 6.54 Å². The van der Waals surface area contributed by atoms with Crippen LogP contribution in [-0.4, -0.2) is 53.8 Å². The molecule has 1 aliphatic rings. The van der Waals surface area contributed by atoms with Crippen molar-refractivity contribution in [1.82, 2.24) is 10.2 Å². The van der Waals surface area contributed by atoms with E-state index in [0.29, 0.717) is 19.7 Å². The molecule has 86 valence electrons. The molecule has 6 heteroatoms. The minimum atomic E-state index is -1.05. The Morgan fingerprint density at radius 1 is 1.53 bits per heavy atom. The molecule has 1 fully saturated rings. The van der Waals surface area contributed by atoms with Gasteiger partial charge in [0.15, 0.2) is 0 Å². The van der Waals surface area contributed by atoms with Crippen LogP contribution in [0.4, 0.5) is 4.79 Å². The molecule has 0 bridgehead atoms. The number of carbonyl (C=O) groups excluding carboxylic acids is 1. The number of aliphatic carboxylic acids is 1. The molecule has 2 N–H and O–H groups in total. The van der Waals surface area contributed by atoms with E-state index in [1.165, 1.54) is 0 Å². The largest absolute Gasteiger partial charge is 0.480 e. The molecular formula is C9H16N2O4. The predicted octanol–water partition coefficient (Wildman–Crippen LogP) is -0.109. The van der Waals surface area contributed by atoms with Crippen LogP contribution in [0.2, 0.25) is 0 Å². The van der Waals surface area contributed by atoms with Crippen molar-refractivity contribution in [2.45, 2.75) is 19.4 Å². The molecule has 0 aromatic carbocycles. The molecule has 0 aromatic rings. The molecule has 0 saturated carbocycles. The Kier molecular flexibility index (Phi) is 3.52. The highest BCUT2D eigenvalue weighted by molar-refractivity contribution is 5.80. The zero-order chi connectivity index (χ0) is 11.5.